The molecule has 4 rings (SSSR count). The van der Waals surface area contributed by atoms with Gasteiger partial charge in [0, 0.05) is 67.0 Å². The normalized spacial score (nSPS) is 14.4. The van der Waals surface area contributed by atoms with Crippen molar-refractivity contribution in [1.82, 2.24) is 24.8 Å². The predicted molar refractivity (Wildman–Crippen MR) is 123 cm³/mol. The van der Waals surface area contributed by atoms with E-state index in [1.165, 1.54) is 0 Å². The third kappa shape index (κ3) is 4.85. The van der Waals surface area contributed by atoms with Crippen LogP contribution < -0.4 is 10.1 Å². The number of anilines is 1. The molecular weight excluding hydrogens is 404 g/mol. The standard InChI is InChI=1S/C24H28N6O2/c1-16(2)28-24-27-15-20(17-4-9-25-10-5-17)22(29-24)18-7-12-30(13-8-18)23(31)19-6-11-26-21(14-19)32-3/h4-6,9-11,14-16,18H,7-8,12-13H2,1-3H3,(H,27,28,29). The highest BCUT2D eigenvalue weighted by Crippen LogP contribution is 2.34. The third-order valence-corrected chi connectivity index (χ3v) is 5.59. The van der Waals surface area contributed by atoms with E-state index in [4.69, 9.17) is 9.72 Å². The highest BCUT2D eigenvalue weighted by Gasteiger charge is 2.28. The maximum Gasteiger partial charge on any atom is 0.254 e. The smallest absolute Gasteiger partial charge is 0.254 e. The highest BCUT2D eigenvalue weighted by molar-refractivity contribution is 5.94. The summed E-state index contributed by atoms with van der Waals surface area (Å²) in [6.45, 7) is 5.47. The van der Waals surface area contributed by atoms with Gasteiger partial charge in [0.15, 0.2) is 0 Å². The quantitative estimate of drug-likeness (QED) is 0.633. The van der Waals surface area contributed by atoms with Gasteiger partial charge in [-0.25, -0.2) is 15.0 Å². The molecule has 1 saturated heterocycles. The molecule has 0 unspecified atom stereocenters. The number of piperidine rings is 1. The van der Waals surface area contributed by atoms with Crippen molar-refractivity contribution in [2.45, 2.75) is 38.6 Å². The van der Waals surface area contributed by atoms with Crippen molar-refractivity contribution in [3.05, 3.63) is 60.3 Å². The van der Waals surface area contributed by atoms with Gasteiger partial charge in [0.25, 0.3) is 5.91 Å². The number of methoxy groups -OCH3 is 1. The third-order valence-electron chi connectivity index (χ3n) is 5.59. The van der Waals surface area contributed by atoms with E-state index in [0.717, 1.165) is 29.7 Å². The second-order valence-corrected chi connectivity index (χ2v) is 8.18. The Bertz CT molecular complexity index is 1070. The molecule has 32 heavy (non-hydrogen) atoms. The minimum atomic E-state index is 0.00311. The predicted octanol–water partition coefficient (Wildman–Crippen LogP) is 3.78. The number of nitrogens with one attached hydrogen (secondary N) is 1. The van der Waals surface area contributed by atoms with Crippen LogP contribution in [-0.4, -0.2) is 57.0 Å². The number of hydrogen-bond acceptors (Lipinski definition) is 7. The molecule has 0 atom stereocenters. The topological polar surface area (TPSA) is 93.1 Å². The molecule has 1 amide bonds. The van der Waals surface area contributed by atoms with Crippen LogP contribution in [0.15, 0.2) is 49.1 Å². The zero-order chi connectivity index (χ0) is 22.5. The van der Waals surface area contributed by atoms with Crippen LogP contribution in [0.5, 0.6) is 5.88 Å². The molecule has 0 radical (unpaired) electrons. The summed E-state index contributed by atoms with van der Waals surface area (Å²) in [7, 11) is 1.55. The van der Waals surface area contributed by atoms with Crippen molar-refractivity contribution in [2.75, 3.05) is 25.5 Å². The number of rotatable bonds is 6. The lowest BCUT2D eigenvalue weighted by Gasteiger charge is -2.32. The van der Waals surface area contributed by atoms with Crippen molar-refractivity contribution in [3.8, 4) is 17.0 Å². The Morgan fingerprint density at radius 1 is 1.12 bits per heavy atom. The maximum atomic E-state index is 13.0. The van der Waals surface area contributed by atoms with E-state index in [2.05, 4.69) is 34.1 Å². The Morgan fingerprint density at radius 3 is 2.56 bits per heavy atom. The molecule has 0 aromatic carbocycles. The zero-order valence-corrected chi connectivity index (χ0v) is 18.7. The molecule has 3 aromatic rings. The van der Waals surface area contributed by atoms with Crippen molar-refractivity contribution < 1.29 is 9.53 Å². The van der Waals surface area contributed by atoms with Crippen molar-refractivity contribution in [1.29, 1.82) is 0 Å². The van der Waals surface area contributed by atoms with Crippen LogP contribution in [0.4, 0.5) is 5.95 Å². The van der Waals surface area contributed by atoms with Gasteiger partial charge >= 0.3 is 0 Å². The van der Waals surface area contributed by atoms with Crippen molar-refractivity contribution in [2.24, 2.45) is 0 Å². The molecule has 1 fully saturated rings. The number of hydrogen-bond donors (Lipinski definition) is 1. The number of carbonyl (C=O) groups excluding carboxylic acids is 1. The molecule has 1 N–H and O–H groups in total. The average Bonchev–Trinajstić information content (AvgIpc) is 2.84. The van der Waals surface area contributed by atoms with Crippen LogP contribution in [0.2, 0.25) is 0 Å². The van der Waals surface area contributed by atoms with Crippen LogP contribution in [0, 0.1) is 0 Å². The minimum Gasteiger partial charge on any atom is -0.481 e. The van der Waals surface area contributed by atoms with Gasteiger partial charge in [-0.3, -0.25) is 9.78 Å². The van der Waals surface area contributed by atoms with Gasteiger partial charge < -0.3 is 15.0 Å². The number of amides is 1. The fourth-order valence-electron chi connectivity index (χ4n) is 3.98. The van der Waals surface area contributed by atoms with Gasteiger partial charge in [0.05, 0.1) is 12.8 Å². The molecule has 166 valence electrons. The Hall–Kier alpha value is -3.55. The lowest BCUT2D eigenvalue weighted by molar-refractivity contribution is 0.0711. The highest BCUT2D eigenvalue weighted by atomic mass is 16.5. The van der Waals surface area contributed by atoms with E-state index in [1.54, 1.807) is 37.8 Å². The summed E-state index contributed by atoms with van der Waals surface area (Å²) in [4.78, 5) is 32.5. The number of ether oxygens (including phenoxy) is 1. The molecule has 0 saturated carbocycles. The Balaban J connectivity index is 1.54. The first-order valence-electron chi connectivity index (χ1n) is 10.9. The second-order valence-electron chi connectivity index (χ2n) is 8.18. The van der Waals surface area contributed by atoms with Crippen molar-refractivity contribution in [3.63, 3.8) is 0 Å². The molecule has 8 nitrogen and oxygen atoms in total. The molecule has 0 spiro atoms. The molecule has 1 aliphatic rings. The van der Waals surface area contributed by atoms with E-state index in [-0.39, 0.29) is 17.9 Å². The number of nitrogens with zero attached hydrogens (tertiary/aromatic N) is 5. The van der Waals surface area contributed by atoms with Crippen molar-refractivity contribution >= 4 is 11.9 Å². The lowest BCUT2D eigenvalue weighted by atomic mass is 9.89. The molecule has 4 heterocycles. The average molecular weight is 433 g/mol. The van der Waals surface area contributed by atoms with Gasteiger partial charge in [-0.15, -0.1) is 0 Å². The van der Waals surface area contributed by atoms with Gasteiger partial charge in [0.1, 0.15) is 0 Å². The van der Waals surface area contributed by atoms with E-state index >= 15 is 0 Å². The monoisotopic (exact) mass is 432 g/mol. The van der Waals surface area contributed by atoms with Crippen LogP contribution in [0.1, 0.15) is 48.7 Å². The summed E-state index contributed by atoms with van der Waals surface area (Å²) in [5.74, 6) is 1.32. The van der Waals surface area contributed by atoms with Crippen LogP contribution >= 0.6 is 0 Å². The summed E-state index contributed by atoms with van der Waals surface area (Å²) in [6.07, 6.45) is 8.73. The molecule has 1 aliphatic heterocycles. The van der Waals surface area contributed by atoms with E-state index in [9.17, 15) is 4.79 Å². The summed E-state index contributed by atoms with van der Waals surface area (Å²) in [6, 6.07) is 7.61. The van der Waals surface area contributed by atoms with Gasteiger partial charge in [-0.05, 0) is 50.5 Å². The zero-order valence-electron chi connectivity index (χ0n) is 18.7. The maximum absolute atomic E-state index is 13.0. The fraction of sp³-hybridized carbons (Fsp3) is 0.375. The number of likely N-dealkylation sites (tertiary alicyclic amines) is 1. The van der Waals surface area contributed by atoms with Gasteiger partial charge in [-0.2, -0.15) is 0 Å². The van der Waals surface area contributed by atoms with E-state index < -0.39 is 0 Å². The first kappa shape index (κ1) is 21.7. The first-order chi connectivity index (χ1) is 15.5. The first-order valence-corrected chi connectivity index (χ1v) is 10.9. The summed E-state index contributed by atoms with van der Waals surface area (Å²) in [5, 5.41) is 3.31. The Labute approximate surface area is 188 Å². The molecular formula is C24H28N6O2. The largest absolute Gasteiger partial charge is 0.481 e. The second kappa shape index (κ2) is 9.72. The number of pyridine rings is 2. The lowest BCUT2D eigenvalue weighted by Crippen LogP contribution is -2.38. The molecule has 0 aliphatic carbocycles. The van der Waals surface area contributed by atoms with E-state index in [1.807, 2.05) is 23.2 Å². The molecule has 8 heteroatoms. The Kier molecular flexibility index (Phi) is 6.58. The SMILES string of the molecule is COc1cc(C(=O)N2CCC(c3nc(NC(C)C)ncc3-c3ccncc3)CC2)ccn1. The fourth-order valence-corrected chi connectivity index (χ4v) is 3.98. The number of aromatic nitrogens is 4. The molecule has 3 aromatic heterocycles. The molecule has 0 bridgehead atoms. The minimum absolute atomic E-state index is 0.00311. The van der Waals surface area contributed by atoms with Crippen LogP contribution in [-0.2, 0) is 0 Å². The van der Waals surface area contributed by atoms with Crippen LogP contribution in [0.25, 0.3) is 11.1 Å². The summed E-state index contributed by atoms with van der Waals surface area (Å²) >= 11 is 0. The summed E-state index contributed by atoms with van der Waals surface area (Å²) in [5.41, 5.74) is 3.68. The van der Waals surface area contributed by atoms with Gasteiger partial charge in [0.2, 0.25) is 11.8 Å². The summed E-state index contributed by atoms with van der Waals surface area (Å²) < 4.78 is 5.15. The van der Waals surface area contributed by atoms with Gasteiger partial charge in [-0.1, -0.05) is 0 Å². The Morgan fingerprint density at radius 2 is 1.88 bits per heavy atom. The number of carbonyl (C=O) groups is 1. The van der Waals surface area contributed by atoms with E-state index in [0.29, 0.717) is 30.5 Å². The van der Waals surface area contributed by atoms with Crippen LogP contribution in [0.3, 0.4) is 0 Å².